The molecule has 0 bridgehead atoms. The van der Waals surface area contributed by atoms with Gasteiger partial charge in [0.15, 0.2) is 0 Å². The van der Waals surface area contributed by atoms with Gasteiger partial charge >= 0.3 is 5.97 Å². The summed E-state index contributed by atoms with van der Waals surface area (Å²) in [6.45, 7) is 2.24. The van der Waals surface area contributed by atoms with Crippen molar-refractivity contribution in [1.82, 2.24) is 4.90 Å². The van der Waals surface area contributed by atoms with E-state index in [1.165, 1.54) is 7.11 Å². The molecule has 5 nitrogen and oxygen atoms in total. The smallest absolute Gasteiger partial charge is 0.310 e. The van der Waals surface area contributed by atoms with Crippen LogP contribution < -0.4 is 0 Å². The summed E-state index contributed by atoms with van der Waals surface area (Å²) in [5.74, 6) is -0.449. The van der Waals surface area contributed by atoms with Gasteiger partial charge in [-0.3, -0.25) is 9.59 Å². The third-order valence-corrected chi connectivity index (χ3v) is 3.98. The molecule has 0 spiro atoms. The van der Waals surface area contributed by atoms with E-state index in [9.17, 15) is 9.59 Å². The highest BCUT2D eigenvalue weighted by atomic mass is 16.5. The molecule has 5 heteroatoms. The number of methoxy groups -OCH3 is 1. The molecule has 2 heterocycles. The number of likely N-dealkylation sites (tertiary alicyclic amines) is 1. The van der Waals surface area contributed by atoms with E-state index in [0.29, 0.717) is 38.3 Å². The lowest BCUT2D eigenvalue weighted by molar-refractivity contribution is -0.144. The van der Waals surface area contributed by atoms with E-state index < -0.39 is 0 Å². The molecular weight excluding hydrogens is 258 g/mol. The topological polar surface area (TPSA) is 55.8 Å². The van der Waals surface area contributed by atoms with E-state index in [4.69, 9.17) is 9.47 Å². The van der Waals surface area contributed by atoms with E-state index in [2.05, 4.69) is 0 Å². The molecule has 1 aromatic carbocycles. The van der Waals surface area contributed by atoms with E-state index in [0.717, 1.165) is 11.1 Å². The summed E-state index contributed by atoms with van der Waals surface area (Å²) in [5, 5.41) is 0. The van der Waals surface area contributed by atoms with Gasteiger partial charge in [-0.15, -0.1) is 0 Å². The van der Waals surface area contributed by atoms with Gasteiger partial charge < -0.3 is 14.4 Å². The molecule has 1 saturated heterocycles. The third-order valence-electron chi connectivity index (χ3n) is 3.98. The lowest BCUT2D eigenvalue weighted by Gasteiger charge is -2.16. The Morgan fingerprint density at radius 1 is 1.30 bits per heavy atom. The number of benzene rings is 1. The minimum atomic E-state index is -0.234. The van der Waals surface area contributed by atoms with Crippen molar-refractivity contribution in [3.05, 3.63) is 34.9 Å². The van der Waals surface area contributed by atoms with Crippen LogP contribution in [-0.2, 0) is 27.5 Å². The summed E-state index contributed by atoms with van der Waals surface area (Å²) >= 11 is 0. The number of carbonyl (C=O) groups excluding carboxylic acids is 2. The highest BCUT2D eigenvalue weighted by Crippen LogP contribution is 2.24. The summed E-state index contributed by atoms with van der Waals surface area (Å²) in [7, 11) is 1.38. The number of nitrogens with zero attached hydrogens (tertiary/aromatic N) is 1. The Balaban J connectivity index is 1.72. The van der Waals surface area contributed by atoms with Gasteiger partial charge in [0.1, 0.15) is 0 Å². The van der Waals surface area contributed by atoms with Crippen LogP contribution in [0.25, 0.3) is 0 Å². The predicted octanol–water partition coefficient (Wildman–Crippen LogP) is 1.35. The minimum absolute atomic E-state index is 0.0221. The van der Waals surface area contributed by atoms with Crippen molar-refractivity contribution in [3.8, 4) is 0 Å². The van der Waals surface area contributed by atoms with Crippen molar-refractivity contribution in [2.24, 2.45) is 5.92 Å². The number of carbonyl (C=O) groups is 2. The number of amides is 1. The Morgan fingerprint density at radius 3 is 2.90 bits per heavy atom. The van der Waals surface area contributed by atoms with E-state index in [1.54, 1.807) is 4.90 Å². The maximum Gasteiger partial charge on any atom is 0.310 e. The van der Waals surface area contributed by atoms with Gasteiger partial charge in [0, 0.05) is 18.7 Å². The first-order valence-corrected chi connectivity index (χ1v) is 6.75. The zero-order chi connectivity index (χ0) is 14.1. The number of fused-ring (bicyclic) bond motifs is 1. The maximum atomic E-state index is 12.4. The molecule has 3 rings (SSSR count). The molecule has 1 amide bonds. The van der Waals surface area contributed by atoms with Crippen LogP contribution in [0, 0.1) is 5.92 Å². The first kappa shape index (κ1) is 13.1. The van der Waals surface area contributed by atoms with Crippen molar-refractivity contribution in [2.45, 2.75) is 19.6 Å². The van der Waals surface area contributed by atoms with Gasteiger partial charge in [0.25, 0.3) is 5.91 Å². The van der Waals surface area contributed by atoms with Crippen molar-refractivity contribution >= 4 is 11.9 Å². The lowest BCUT2D eigenvalue weighted by Crippen LogP contribution is -2.30. The summed E-state index contributed by atoms with van der Waals surface area (Å²) in [4.78, 5) is 25.7. The molecular formula is C15H17NO4. The molecule has 0 N–H and O–H groups in total. The minimum Gasteiger partial charge on any atom is -0.469 e. The normalized spacial score (nSPS) is 20.9. The number of esters is 1. The average molecular weight is 275 g/mol. The van der Waals surface area contributed by atoms with Crippen LogP contribution in [0.15, 0.2) is 18.2 Å². The zero-order valence-corrected chi connectivity index (χ0v) is 11.4. The summed E-state index contributed by atoms with van der Waals surface area (Å²) in [6, 6.07) is 5.68. The van der Waals surface area contributed by atoms with Gasteiger partial charge in [-0.25, -0.2) is 0 Å². The fraction of sp³-hybridized carbons (Fsp3) is 0.467. The van der Waals surface area contributed by atoms with Gasteiger partial charge in [-0.05, 0) is 29.7 Å². The Labute approximate surface area is 117 Å². The predicted molar refractivity (Wildman–Crippen MR) is 71.0 cm³/mol. The fourth-order valence-electron chi connectivity index (χ4n) is 2.79. The third kappa shape index (κ3) is 2.29. The van der Waals surface area contributed by atoms with Gasteiger partial charge in [0.05, 0.1) is 26.2 Å². The second-order valence-electron chi connectivity index (χ2n) is 5.24. The molecule has 0 saturated carbocycles. The molecule has 0 aliphatic carbocycles. The van der Waals surface area contributed by atoms with Crippen molar-refractivity contribution in [2.75, 3.05) is 20.2 Å². The van der Waals surface area contributed by atoms with Gasteiger partial charge in [0.2, 0.25) is 0 Å². The maximum absolute atomic E-state index is 12.4. The highest BCUT2D eigenvalue weighted by molar-refractivity contribution is 5.95. The summed E-state index contributed by atoms with van der Waals surface area (Å²) in [6.07, 6.45) is 0.673. The molecule has 1 fully saturated rings. The van der Waals surface area contributed by atoms with Crippen molar-refractivity contribution < 1.29 is 19.1 Å². The quantitative estimate of drug-likeness (QED) is 0.765. The monoisotopic (exact) mass is 275 g/mol. The van der Waals surface area contributed by atoms with Crippen LogP contribution in [0.5, 0.6) is 0 Å². The highest BCUT2D eigenvalue weighted by Gasteiger charge is 2.32. The van der Waals surface area contributed by atoms with Gasteiger partial charge in [-0.1, -0.05) is 6.07 Å². The molecule has 20 heavy (non-hydrogen) atoms. The second-order valence-corrected chi connectivity index (χ2v) is 5.24. The van der Waals surface area contributed by atoms with Crippen LogP contribution >= 0.6 is 0 Å². The van der Waals surface area contributed by atoms with E-state index in [-0.39, 0.29) is 17.8 Å². The lowest BCUT2D eigenvalue weighted by atomic mass is 10.1. The Bertz CT molecular complexity index is 555. The first-order valence-electron chi connectivity index (χ1n) is 6.75. The molecule has 106 valence electrons. The SMILES string of the molecule is COC(=O)C1CCN(C(=O)c2ccc3c(c2)COC3)C1. The van der Waals surface area contributed by atoms with Crippen LogP contribution in [-0.4, -0.2) is 37.0 Å². The Hall–Kier alpha value is -1.88. The molecule has 1 unspecified atom stereocenters. The molecule has 2 aliphatic rings. The molecule has 0 aromatic heterocycles. The van der Waals surface area contributed by atoms with Crippen LogP contribution in [0.1, 0.15) is 27.9 Å². The van der Waals surface area contributed by atoms with Crippen LogP contribution in [0.3, 0.4) is 0 Å². The van der Waals surface area contributed by atoms with Crippen molar-refractivity contribution in [1.29, 1.82) is 0 Å². The number of hydrogen-bond donors (Lipinski definition) is 0. The largest absolute Gasteiger partial charge is 0.469 e. The Morgan fingerprint density at radius 2 is 2.10 bits per heavy atom. The Kier molecular flexibility index (Phi) is 3.44. The van der Waals surface area contributed by atoms with E-state index in [1.807, 2.05) is 18.2 Å². The van der Waals surface area contributed by atoms with Crippen LogP contribution in [0.2, 0.25) is 0 Å². The standard InChI is InChI=1S/C15H17NO4/c1-19-15(18)11-4-5-16(7-11)14(17)10-2-3-12-8-20-9-13(12)6-10/h2-3,6,11H,4-5,7-9H2,1H3. The van der Waals surface area contributed by atoms with E-state index >= 15 is 0 Å². The second kappa shape index (κ2) is 5.25. The summed E-state index contributed by atoms with van der Waals surface area (Å²) < 4.78 is 10.1. The number of hydrogen-bond acceptors (Lipinski definition) is 4. The fourth-order valence-corrected chi connectivity index (χ4v) is 2.79. The zero-order valence-electron chi connectivity index (χ0n) is 11.4. The number of ether oxygens (including phenoxy) is 2. The van der Waals surface area contributed by atoms with Crippen molar-refractivity contribution in [3.63, 3.8) is 0 Å². The molecule has 2 aliphatic heterocycles. The van der Waals surface area contributed by atoms with Gasteiger partial charge in [-0.2, -0.15) is 0 Å². The molecule has 1 aromatic rings. The average Bonchev–Trinajstić information content (AvgIpc) is 3.13. The molecule has 1 atom stereocenters. The molecule has 0 radical (unpaired) electrons. The summed E-state index contributed by atoms with van der Waals surface area (Å²) in [5.41, 5.74) is 2.90. The number of rotatable bonds is 2. The van der Waals surface area contributed by atoms with Crippen LogP contribution in [0.4, 0.5) is 0 Å². The first-order chi connectivity index (χ1) is 9.69.